The molecular formula is C13H22N2O4S. The number of hydrogen-bond acceptors (Lipinski definition) is 5. The first-order chi connectivity index (χ1) is 9.34. The van der Waals surface area contributed by atoms with Crippen molar-refractivity contribution in [3.63, 3.8) is 0 Å². The van der Waals surface area contributed by atoms with Crippen LogP contribution in [0.2, 0.25) is 0 Å². The summed E-state index contributed by atoms with van der Waals surface area (Å²) in [6.45, 7) is 3.89. The van der Waals surface area contributed by atoms with Crippen LogP contribution in [0.3, 0.4) is 0 Å². The average Bonchev–Trinajstić information content (AvgIpc) is 2.39. The summed E-state index contributed by atoms with van der Waals surface area (Å²) in [6.07, 6.45) is 0. The Morgan fingerprint density at radius 3 is 2.45 bits per heavy atom. The standard InChI is InChI=1S/C13H22N2O4S/c1-10-8-12(9-13(14)11(10)2)20(17,18)15(4-6-16)5-7-19-3/h8-9,16H,4-7,14H2,1-3H3. The summed E-state index contributed by atoms with van der Waals surface area (Å²) >= 11 is 0. The molecule has 0 saturated carbocycles. The minimum atomic E-state index is -3.68. The quantitative estimate of drug-likeness (QED) is 0.716. The first-order valence-electron chi connectivity index (χ1n) is 6.31. The van der Waals surface area contributed by atoms with Gasteiger partial charge in [-0.1, -0.05) is 0 Å². The molecule has 0 heterocycles. The molecule has 0 unspecified atom stereocenters. The number of nitrogens with zero attached hydrogens (tertiary/aromatic N) is 1. The summed E-state index contributed by atoms with van der Waals surface area (Å²) in [7, 11) is -2.19. The number of hydrogen-bond donors (Lipinski definition) is 2. The second-order valence-corrected chi connectivity index (χ2v) is 6.51. The molecule has 20 heavy (non-hydrogen) atoms. The molecule has 0 bridgehead atoms. The van der Waals surface area contributed by atoms with E-state index in [1.807, 2.05) is 13.8 Å². The molecule has 0 aliphatic carbocycles. The molecule has 3 N–H and O–H groups in total. The molecule has 0 atom stereocenters. The first kappa shape index (κ1) is 16.9. The number of aliphatic hydroxyl groups is 1. The van der Waals surface area contributed by atoms with Gasteiger partial charge in [-0.25, -0.2) is 8.42 Å². The Balaban J connectivity index is 3.18. The van der Waals surface area contributed by atoms with Crippen molar-refractivity contribution in [2.75, 3.05) is 39.1 Å². The molecule has 0 aliphatic heterocycles. The van der Waals surface area contributed by atoms with Gasteiger partial charge in [-0.05, 0) is 37.1 Å². The lowest BCUT2D eigenvalue weighted by molar-refractivity contribution is 0.168. The van der Waals surface area contributed by atoms with Gasteiger partial charge >= 0.3 is 0 Å². The second kappa shape index (κ2) is 7.03. The van der Waals surface area contributed by atoms with Gasteiger partial charge in [0.1, 0.15) is 0 Å². The van der Waals surface area contributed by atoms with Crippen LogP contribution in [0, 0.1) is 13.8 Å². The monoisotopic (exact) mass is 302 g/mol. The van der Waals surface area contributed by atoms with Crippen LogP contribution in [0.1, 0.15) is 11.1 Å². The highest BCUT2D eigenvalue weighted by atomic mass is 32.2. The first-order valence-corrected chi connectivity index (χ1v) is 7.75. The van der Waals surface area contributed by atoms with Crippen molar-refractivity contribution < 1.29 is 18.3 Å². The number of ether oxygens (including phenoxy) is 1. The number of sulfonamides is 1. The Bertz CT molecular complexity index is 534. The zero-order valence-corrected chi connectivity index (χ0v) is 12.9. The Hall–Kier alpha value is -1.15. The van der Waals surface area contributed by atoms with Crippen LogP contribution in [0.4, 0.5) is 5.69 Å². The minimum Gasteiger partial charge on any atom is -0.398 e. The largest absolute Gasteiger partial charge is 0.398 e. The molecule has 0 spiro atoms. The SMILES string of the molecule is COCCN(CCO)S(=O)(=O)c1cc(C)c(C)c(N)c1. The highest BCUT2D eigenvalue weighted by Crippen LogP contribution is 2.24. The van der Waals surface area contributed by atoms with Crippen molar-refractivity contribution in [1.82, 2.24) is 4.31 Å². The van der Waals surface area contributed by atoms with Gasteiger partial charge in [0.2, 0.25) is 10.0 Å². The third kappa shape index (κ3) is 3.69. The summed E-state index contributed by atoms with van der Waals surface area (Å²) in [5, 5.41) is 9.03. The molecule has 0 radical (unpaired) electrons. The van der Waals surface area contributed by atoms with Crippen LogP contribution in [0.25, 0.3) is 0 Å². The Kier molecular flexibility index (Phi) is 5.94. The topological polar surface area (TPSA) is 92.9 Å². The van der Waals surface area contributed by atoms with Crippen molar-refractivity contribution in [3.8, 4) is 0 Å². The smallest absolute Gasteiger partial charge is 0.243 e. The van der Waals surface area contributed by atoms with Crippen LogP contribution in [-0.4, -0.2) is 51.2 Å². The van der Waals surface area contributed by atoms with Crippen molar-refractivity contribution >= 4 is 15.7 Å². The van der Waals surface area contributed by atoms with Crippen LogP contribution in [-0.2, 0) is 14.8 Å². The van der Waals surface area contributed by atoms with Gasteiger partial charge in [0, 0.05) is 25.9 Å². The lowest BCUT2D eigenvalue weighted by atomic mass is 10.1. The minimum absolute atomic E-state index is 0.0263. The van der Waals surface area contributed by atoms with Gasteiger partial charge in [-0.15, -0.1) is 0 Å². The summed E-state index contributed by atoms with van der Waals surface area (Å²) in [5.41, 5.74) is 7.97. The zero-order valence-electron chi connectivity index (χ0n) is 12.1. The predicted molar refractivity (Wildman–Crippen MR) is 78.0 cm³/mol. The molecule has 0 amide bonds. The lowest BCUT2D eigenvalue weighted by Crippen LogP contribution is -2.36. The number of rotatable bonds is 7. The maximum absolute atomic E-state index is 12.5. The lowest BCUT2D eigenvalue weighted by Gasteiger charge is -2.21. The highest BCUT2D eigenvalue weighted by molar-refractivity contribution is 7.89. The molecule has 0 fully saturated rings. The van der Waals surface area contributed by atoms with Crippen LogP contribution >= 0.6 is 0 Å². The average molecular weight is 302 g/mol. The molecule has 114 valence electrons. The highest BCUT2D eigenvalue weighted by Gasteiger charge is 2.24. The van der Waals surface area contributed by atoms with E-state index in [1.54, 1.807) is 6.07 Å². The summed E-state index contributed by atoms with van der Waals surface area (Å²) in [4.78, 5) is 0.141. The number of methoxy groups -OCH3 is 1. The normalized spacial score (nSPS) is 12.1. The molecule has 1 aromatic carbocycles. The number of nitrogens with two attached hydrogens (primary N) is 1. The third-order valence-electron chi connectivity index (χ3n) is 3.21. The molecule has 0 aliphatic rings. The van der Waals surface area contributed by atoms with Crippen LogP contribution in [0.5, 0.6) is 0 Å². The van der Waals surface area contributed by atoms with E-state index in [2.05, 4.69) is 0 Å². The van der Waals surface area contributed by atoms with Gasteiger partial charge in [-0.2, -0.15) is 4.31 Å². The van der Waals surface area contributed by atoms with E-state index in [1.165, 1.54) is 17.5 Å². The molecule has 6 nitrogen and oxygen atoms in total. The van der Waals surface area contributed by atoms with E-state index in [4.69, 9.17) is 15.6 Å². The number of nitrogen functional groups attached to an aromatic ring is 1. The third-order valence-corrected chi connectivity index (χ3v) is 5.09. The van der Waals surface area contributed by atoms with Gasteiger partial charge in [0.25, 0.3) is 0 Å². The van der Waals surface area contributed by atoms with Gasteiger partial charge < -0.3 is 15.6 Å². The molecule has 7 heteroatoms. The fourth-order valence-electron chi connectivity index (χ4n) is 1.81. The van der Waals surface area contributed by atoms with Crippen LogP contribution in [0.15, 0.2) is 17.0 Å². The van der Waals surface area contributed by atoms with Crippen molar-refractivity contribution in [2.45, 2.75) is 18.7 Å². The molecular weight excluding hydrogens is 280 g/mol. The van der Waals surface area contributed by atoms with E-state index in [0.717, 1.165) is 11.1 Å². The van der Waals surface area contributed by atoms with E-state index < -0.39 is 10.0 Å². The summed E-state index contributed by atoms with van der Waals surface area (Å²) in [5.74, 6) is 0. The molecule has 1 aromatic rings. The summed E-state index contributed by atoms with van der Waals surface area (Å²) < 4.78 is 31.2. The van der Waals surface area contributed by atoms with E-state index >= 15 is 0 Å². The van der Waals surface area contributed by atoms with E-state index in [0.29, 0.717) is 5.69 Å². The van der Waals surface area contributed by atoms with Gasteiger partial charge in [0.05, 0.1) is 18.1 Å². The van der Waals surface area contributed by atoms with Crippen molar-refractivity contribution in [1.29, 1.82) is 0 Å². The van der Waals surface area contributed by atoms with E-state index in [-0.39, 0.29) is 31.2 Å². The van der Waals surface area contributed by atoms with Crippen molar-refractivity contribution in [2.24, 2.45) is 0 Å². The Morgan fingerprint density at radius 1 is 1.30 bits per heavy atom. The fraction of sp³-hybridized carbons (Fsp3) is 0.538. The molecule has 1 rings (SSSR count). The second-order valence-electron chi connectivity index (χ2n) is 4.57. The number of aliphatic hydroxyl groups excluding tert-OH is 1. The maximum Gasteiger partial charge on any atom is 0.243 e. The Labute approximate surface area is 120 Å². The van der Waals surface area contributed by atoms with E-state index in [9.17, 15) is 8.42 Å². The van der Waals surface area contributed by atoms with Crippen molar-refractivity contribution in [3.05, 3.63) is 23.3 Å². The summed E-state index contributed by atoms with van der Waals surface area (Å²) in [6, 6.07) is 3.05. The zero-order chi connectivity index (χ0) is 15.3. The predicted octanol–water partition coefficient (Wildman–Crippen LogP) is 0.515. The Morgan fingerprint density at radius 2 is 1.95 bits per heavy atom. The van der Waals surface area contributed by atoms with Crippen LogP contribution < -0.4 is 5.73 Å². The van der Waals surface area contributed by atoms with Gasteiger partial charge in [0.15, 0.2) is 0 Å². The number of aryl methyl sites for hydroxylation is 1. The number of anilines is 1. The maximum atomic E-state index is 12.5. The fourth-order valence-corrected chi connectivity index (χ4v) is 3.34. The van der Waals surface area contributed by atoms with Gasteiger partial charge in [-0.3, -0.25) is 0 Å². The number of benzene rings is 1. The molecule has 0 aromatic heterocycles. The molecule has 0 saturated heterocycles.